The van der Waals surface area contributed by atoms with Crippen LogP contribution in [0.1, 0.15) is 99.3 Å². The van der Waals surface area contributed by atoms with E-state index < -0.39 is 0 Å². The van der Waals surface area contributed by atoms with E-state index >= 15 is 0 Å². The summed E-state index contributed by atoms with van der Waals surface area (Å²) in [5, 5.41) is 0. The SMILES string of the molecule is CC(C)(C)OCCCCCOCCCCCC1CCN(C(C)(C)C)CC1. The quantitative estimate of drug-likeness (QED) is 0.390. The third kappa shape index (κ3) is 12.3. The van der Waals surface area contributed by atoms with E-state index in [0.717, 1.165) is 32.2 Å². The molecule has 0 unspecified atom stereocenters. The molecule has 3 nitrogen and oxygen atoms in total. The van der Waals surface area contributed by atoms with Gasteiger partial charge in [0.2, 0.25) is 0 Å². The van der Waals surface area contributed by atoms with Gasteiger partial charge < -0.3 is 9.47 Å². The molecule has 1 rings (SSSR count). The molecule has 0 aromatic heterocycles. The van der Waals surface area contributed by atoms with Crippen LogP contribution in [0.4, 0.5) is 0 Å². The van der Waals surface area contributed by atoms with E-state index in [1.165, 1.54) is 64.5 Å². The Morgan fingerprint density at radius 1 is 0.731 bits per heavy atom. The van der Waals surface area contributed by atoms with Crippen LogP contribution in [0.3, 0.4) is 0 Å². The molecule has 0 atom stereocenters. The molecule has 1 aliphatic heterocycles. The fourth-order valence-corrected chi connectivity index (χ4v) is 3.67. The minimum atomic E-state index is 0.0000982. The number of hydrogen-bond acceptors (Lipinski definition) is 3. The second kappa shape index (κ2) is 12.4. The summed E-state index contributed by atoms with van der Waals surface area (Å²) in [6.45, 7) is 18.7. The molecule has 0 radical (unpaired) electrons. The lowest BCUT2D eigenvalue weighted by Crippen LogP contribution is -2.46. The molecule has 0 aromatic rings. The summed E-state index contributed by atoms with van der Waals surface area (Å²) in [5.74, 6) is 0.963. The van der Waals surface area contributed by atoms with Crippen LogP contribution in [0.25, 0.3) is 0 Å². The summed E-state index contributed by atoms with van der Waals surface area (Å²) in [4.78, 5) is 2.65. The predicted molar refractivity (Wildman–Crippen MR) is 113 cm³/mol. The standard InChI is InChI=1S/C23H47NO2/c1-22(2,3)24-16-14-21(15-17-24)13-9-7-10-18-25-19-11-8-12-20-26-23(4,5)6/h21H,7-20H2,1-6H3. The Morgan fingerprint density at radius 2 is 1.27 bits per heavy atom. The Bertz CT molecular complexity index is 335. The zero-order valence-electron chi connectivity index (χ0n) is 18.7. The van der Waals surface area contributed by atoms with Crippen molar-refractivity contribution < 1.29 is 9.47 Å². The van der Waals surface area contributed by atoms with E-state index in [-0.39, 0.29) is 5.60 Å². The van der Waals surface area contributed by atoms with Crippen LogP contribution in [0.5, 0.6) is 0 Å². The molecule has 1 fully saturated rings. The third-order valence-corrected chi connectivity index (χ3v) is 5.43. The molecular weight excluding hydrogens is 322 g/mol. The van der Waals surface area contributed by atoms with Crippen LogP contribution >= 0.6 is 0 Å². The average molecular weight is 370 g/mol. The fourth-order valence-electron chi connectivity index (χ4n) is 3.67. The van der Waals surface area contributed by atoms with Gasteiger partial charge in [0.1, 0.15) is 0 Å². The molecule has 3 heteroatoms. The number of unbranched alkanes of at least 4 members (excludes halogenated alkanes) is 4. The number of rotatable bonds is 12. The van der Waals surface area contributed by atoms with E-state index in [0.29, 0.717) is 5.54 Å². The van der Waals surface area contributed by atoms with Gasteiger partial charge in [0.05, 0.1) is 5.60 Å². The van der Waals surface area contributed by atoms with Gasteiger partial charge in [0.25, 0.3) is 0 Å². The van der Waals surface area contributed by atoms with Gasteiger partial charge in [-0.2, -0.15) is 0 Å². The Kier molecular flexibility index (Phi) is 11.4. The highest BCUT2D eigenvalue weighted by molar-refractivity contribution is 4.81. The van der Waals surface area contributed by atoms with Crippen molar-refractivity contribution >= 4 is 0 Å². The van der Waals surface area contributed by atoms with Gasteiger partial charge in [0, 0.05) is 25.4 Å². The zero-order valence-corrected chi connectivity index (χ0v) is 18.7. The molecule has 156 valence electrons. The monoisotopic (exact) mass is 369 g/mol. The fraction of sp³-hybridized carbons (Fsp3) is 1.00. The number of likely N-dealkylation sites (tertiary alicyclic amines) is 1. The van der Waals surface area contributed by atoms with E-state index in [9.17, 15) is 0 Å². The topological polar surface area (TPSA) is 21.7 Å². The normalized spacial score (nSPS) is 17.8. The van der Waals surface area contributed by atoms with E-state index in [1.54, 1.807) is 0 Å². The Labute approximate surface area is 164 Å². The van der Waals surface area contributed by atoms with E-state index in [1.807, 2.05) is 0 Å². The van der Waals surface area contributed by atoms with E-state index in [2.05, 4.69) is 46.4 Å². The molecule has 0 amide bonds. The summed E-state index contributed by atoms with van der Waals surface area (Å²) in [5.41, 5.74) is 0.349. The molecule has 1 saturated heterocycles. The lowest BCUT2D eigenvalue weighted by Gasteiger charge is -2.41. The van der Waals surface area contributed by atoms with Gasteiger partial charge in [-0.15, -0.1) is 0 Å². The highest BCUT2D eigenvalue weighted by Gasteiger charge is 2.26. The van der Waals surface area contributed by atoms with Gasteiger partial charge >= 0.3 is 0 Å². The third-order valence-electron chi connectivity index (χ3n) is 5.43. The molecule has 1 heterocycles. The average Bonchev–Trinajstić information content (AvgIpc) is 2.54. The maximum Gasteiger partial charge on any atom is 0.0598 e. The number of ether oxygens (including phenoxy) is 2. The van der Waals surface area contributed by atoms with Gasteiger partial charge in [0.15, 0.2) is 0 Å². The van der Waals surface area contributed by atoms with Crippen LogP contribution in [0, 0.1) is 5.92 Å². The maximum atomic E-state index is 5.78. The molecule has 26 heavy (non-hydrogen) atoms. The van der Waals surface area contributed by atoms with Crippen molar-refractivity contribution in [1.82, 2.24) is 4.90 Å². The maximum absolute atomic E-state index is 5.78. The zero-order chi connectivity index (χ0) is 19.5. The smallest absolute Gasteiger partial charge is 0.0598 e. The van der Waals surface area contributed by atoms with Crippen molar-refractivity contribution in [3.8, 4) is 0 Å². The molecule has 0 saturated carbocycles. The van der Waals surface area contributed by atoms with Gasteiger partial charge in [-0.05, 0) is 99.1 Å². The first kappa shape index (κ1) is 23.9. The lowest BCUT2D eigenvalue weighted by molar-refractivity contribution is -0.00536. The predicted octanol–water partition coefficient (Wildman–Crippen LogP) is 6.06. The lowest BCUT2D eigenvalue weighted by atomic mass is 9.89. The van der Waals surface area contributed by atoms with Gasteiger partial charge in [-0.1, -0.05) is 19.3 Å². The first-order valence-electron chi connectivity index (χ1n) is 11.2. The summed E-state index contributed by atoms with van der Waals surface area (Å²) in [6.07, 6.45) is 11.7. The second-order valence-electron chi connectivity index (χ2n) is 10.1. The van der Waals surface area contributed by atoms with Crippen LogP contribution in [-0.2, 0) is 9.47 Å². The van der Waals surface area contributed by atoms with Gasteiger partial charge in [-0.3, -0.25) is 4.90 Å². The van der Waals surface area contributed by atoms with Crippen molar-refractivity contribution in [3.05, 3.63) is 0 Å². The van der Waals surface area contributed by atoms with Crippen molar-refractivity contribution in [1.29, 1.82) is 0 Å². The van der Waals surface area contributed by atoms with Crippen LogP contribution in [0.2, 0.25) is 0 Å². The largest absolute Gasteiger partial charge is 0.381 e. The number of hydrogen-bond donors (Lipinski definition) is 0. The minimum Gasteiger partial charge on any atom is -0.381 e. The Morgan fingerprint density at radius 3 is 1.81 bits per heavy atom. The summed E-state index contributed by atoms with van der Waals surface area (Å²) < 4.78 is 11.5. The molecular formula is C23H47NO2. The van der Waals surface area contributed by atoms with Crippen LogP contribution < -0.4 is 0 Å². The molecule has 0 spiro atoms. The number of piperidine rings is 1. The van der Waals surface area contributed by atoms with Crippen molar-refractivity contribution in [2.24, 2.45) is 5.92 Å². The van der Waals surface area contributed by atoms with Gasteiger partial charge in [-0.25, -0.2) is 0 Å². The number of nitrogens with zero attached hydrogens (tertiary/aromatic N) is 1. The van der Waals surface area contributed by atoms with Crippen LogP contribution in [-0.4, -0.2) is 49.0 Å². The highest BCUT2D eigenvalue weighted by atomic mass is 16.5. The first-order chi connectivity index (χ1) is 12.2. The molecule has 1 aliphatic rings. The molecule has 0 N–H and O–H groups in total. The molecule has 0 aromatic carbocycles. The Hall–Kier alpha value is -0.120. The summed E-state index contributed by atoms with van der Waals surface area (Å²) in [6, 6.07) is 0. The summed E-state index contributed by atoms with van der Waals surface area (Å²) >= 11 is 0. The highest BCUT2D eigenvalue weighted by Crippen LogP contribution is 2.27. The minimum absolute atomic E-state index is 0.0000982. The first-order valence-corrected chi connectivity index (χ1v) is 11.2. The van der Waals surface area contributed by atoms with Crippen molar-refractivity contribution in [3.63, 3.8) is 0 Å². The molecule has 0 aliphatic carbocycles. The van der Waals surface area contributed by atoms with Crippen molar-refractivity contribution in [2.75, 3.05) is 32.9 Å². The Balaban J connectivity index is 1.83. The van der Waals surface area contributed by atoms with Crippen LogP contribution in [0.15, 0.2) is 0 Å². The van der Waals surface area contributed by atoms with E-state index in [4.69, 9.17) is 9.47 Å². The summed E-state index contributed by atoms with van der Waals surface area (Å²) in [7, 11) is 0. The molecule has 0 bridgehead atoms. The second-order valence-corrected chi connectivity index (χ2v) is 10.1. The van der Waals surface area contributed by atoms with Crippen molar-refractivity contribution in [2.45, 2.75) is 110 Å².